The summed E-state index contributed by atoms with van der Waals surface area (Å²) in [5.74, 6) is 0. The molecule has 0 saturated carbocycles. The second-order valence-corrected chi connectivity index (χ2v) is 1.24. The van der Waals surface area contributed by atoms with Crippen LogP contribution in [0, 0.1) is 13.0 Å². The number of rotatable bonds is 0. The summed E-state index contributed by atoms with van der Waals surface area (Å²) in [6.45, 7) is 2.61. The van der Waals surface area contributed by atoms with E-state index in [0.717, 1.165) is 19.4 Å². The largest absolute Gasteiger partial charge is 0.375 e. The van der Waals surface area contributed by atoms with Crippen LogP contribution in [0.4, 0.5) is 0 Å². The van der Waals surface area contributed by atoms with Crippen LogP contribution in [-0.4, -0.2) is 6.61 Å². The second kappa shape index (κ2) is 2.19. The number of ether oxygens (including phenoxy) is 1. The van der Waals surface area contributed by atoms with E-state index in [-0.39, 0.29) is 0 Å². The van der Waals surface area contributed by atoms with Gasteiger partial charge >= 0.3 is 0 Å². The molecule has 1 heterocycles. The first-order valence-corrected chi connectivity index (χ1v) is 2.14. The van der Waals surface area contributed by atoms with E-state index in [1.807, 2.05) is 0 Å². The SMILES string of the molecule is [C]1C[CH]OCC1. The highest BCUT2D eigenvalue weighted by Crippen LogP contribution is 2.04. The van der Waals surface area contributed by atoms with Crippen LogP contribution < -0.4 is 0 Å². The minimum absolute atomic E-state index is 0.833. The van der Waals surface area contributed by atoms with Crippen LogP contribution in [0.3, 0.4) is 0 Å². The molecule has 0 amide bonds. The maximum absolute atomic E-state index is 4.88. The van der Waals surface area contributed by atoms with Crippen molar-refractivity contribution in [1.29, 1.82) is 0 Å². The third-order valence-electron chi connectivity index (χ3n) is 0.742. The van der Waals surface area contributed by atoms with Crippen LogP contribution in [0.25, 0.3) is 0 Å². The lowest BCUT2D eigenvalue weighted by Gasteiger charge is -2.06. The zero-order chi connectivity index (χ0) is 4.24. The van der Waals surface area contributed by atoms with Gasteiger partial charge in [0.05, 0.1) is 6.61 Å². The summed E-state index contributed by atoms with van der Waals surface area (Å²) in [6, 6.07) is 0. The van der Waals surface area contributed by atoms with Gasteiger partial charge in [-0.05, 0) is 19.3 Å². The summed E-state index contributed by atoms with van der Waals surface area (Å²) in [5, 5.41) is 0. The minimum atomic E-state index is 0.833. The van der Waals surface area contributed by atoms with E-state index in [1.54, 1.807) is 6.61 Å². The Hall–Kier alpha value is -0.0400. The molecule has 0 spiro atoms. The van der Waals surface area contributed by atoms with Crippen molar-refractivity contribution in [3.8, 4) is 0 Å². The van der Waals surface area contributed by atoms with Gasteiger partial charge in [0.15, 0.2) is 0 Å². The van der Waals surface area contributed by atoms with Gasteiger partial charge in [-0.1, -0.05) is 0 Å². The quantitative estimate of drug-likeness (QED) is 0.425. The van der Waals surface area contributed by atoms with Gasteiger partial charge in [-0.15, -0.1) is 0 Å². The van der Waals surface area contributed by atoms with Crippen LogP contribution in [0.2, 0.25) is 0 Å². The molecule has 1 saturated heterocycles. The van der Waals surface area contributed by atoms with Gasteiger partial charge in [-0.3, -0.25) is 0 Å². The first-order chi connectivity index (χ1) is 3.00. The zero-order valence-corrected chi connectivity index (χ0v) is 3.61. The molecule has 1 rings (SSSR count). The monoisotopic (exact) mass is 83.0 g/mol. The molecule has 1 aliphatic rings. The molecule has 0 aromatic rings. The van der Waals surface area contributed by atoms with Crippen LogP contribution in [0.5, 0.6) is 0 Å². The van der Waals surface area contributed by atoms with Crippen molar-refractivity contribution < 1.29 is 4.74 Å². The van der Waals surface area contributed by atoms with E-state index >= 15 is 0 Å². The maximum Gasteiger partial charge on any atom is 0.0842 e. The Labute approximate surface area is 38.3 Å². The maximum atomic E-state index is 4.88. The highest BCUT2D eigenvalue weighted by atomic mass is 16.5. The summed E-state index contributed by atoms with van der Waals surface area (Å²) in [6.07, 6.45) is 5.00. The molecular weight excluding hydrogens is 76.1 g/mol. The van der Waals surface area contributed by atoms with Gasteiger partial charge in [0.2, 0.25) is 0 Å². The molecule has 1 aliphatic heterocycles. The molecule has 0 unspecified atom stereocenters. The Morgan fingerprint density at radius 1 is 1.67 bits per heavy atom. The fourth-order valence-electron chi connectivity index (χ4n) is 0.434. The van der Waals surface area contributed by atoms with E-state index in [0.29, 0.717) is 0 Å². The molecule has 0 N–H and O–H groups in total. The summed E-state index contributed by atoms with van der Waals surface area (Å²) in [4.78, 5) is 0. The van der Waals surface area contributed by atoms with Gasteiger partial charge in [-0.25, -0.2) is 0 Å². The Morgan fingerprint density at radius 3 is 2.83 bits per heavy atom. The molecule has 6 heavy (non-hydrogen) atoms. The van der Waals surface area contributed by atoms with Gasteiger partial charge in [0.25, 0.3) is 0 Å². The summed E-state index contributed by atoms with van der Waals surface area (Å²) >= 11 is 0. The topological polar surface area (TPSA) is 9.23 Å². The van der Waals surface area contributed by atoms with Gasteiger partial charge in [-0.2, -0.15) is 0 Å². The molecule has 0 aromatic heterocycles. The summed E-state index contributed by atoms with van der Waals surface area (Å²) in [5.41, 5.74) is 0. The molecule has 1 nitrogen and oxygen atoms in total. The Bertz CT molecular complexity index is 19.4. The third-order valence-corrected chi connectivity index (χ3v) is 0.742. The van der Waals surface area contributed by atoms with Crippen molar-refractivity contribution in [2.45, 2.75) is 12.8 Å². The van der Waals surface area contributed by atoms with E-state index in [1.165, 1.54) is 0 Å². The highest BCUT2D eigenvalue weighted by molar-refractivity contribution is 4.73. The number of hydrogen-bond acceptors (Lipinski definition) is 1. The van der Waals surface area contributed by atoms with Crippen LogP contribution >= 0.6 is 0 Å². The van der Waals surface area contributed by atoms with Crippen LogP contribution in [-0.2, 0) is 4.74 Å². The second-order valence-electron chi connectivity index (χ2n) is 1.24. The van der Waals surface area contributed by atoms with Crippen LogP contribution in [0.15, 0.2) is 0 Å². The average molecular weight is 83.1 g/mol. The molecule has 0 aliphatic carbocycles. The standard InChI is InChI=1S/C5H7O/c1-2-4-6-5-3-1/h4H,2-3,5H2. The predicted molar refractivity (Wildman–Crippen MR) is 22.7 cm³/mol. The fraction of sp³-hybridized carbons (Fsp3) is 0.600. The summed E-state index contributed by atoms with van der Waals surface area (Å²) < 4.78 is 4.88. The lowest BCUT2D eigenvalue weighted by atomic mass is 10.2. The Kier molecular flexibility index (Phi) is 1.51. The van der Waals surface area contributed by atoms with Gasteiger partial charge in [0.1, 0.15) is 0 Å². The lowest BCUT2D eigenvalue weighted by molar-refractivity contribution is 0.177. The van der Waals surface area contributed by atoms with Crippen molar-refractivity contribution in [2.24, 2.45) is 0 Å². The van der Waals surface area contributed by atoms with E-state index < -0.39 is 0 Å². The first kappa shape index (κ1) is 4.13. The van der Waals surface area contributed by atoms with E-state index in [2.05, 4.69) is 6.42 Å². The molecule has 0 bridgehead atoms. The average Bonchev–Trinajstić information content (AvgIpc) is 1.72. The van der Waals surface area contributed by atoms with Crippen LogP contribution in [0.1, 0.15) is 12.8 Å². The highest BCUT2D eigenvalue weighted by Gasteiger charge is 1.96. The van der Waals surface area contributed by atoms with E-state index in [9.17, 15) is 0 Å². The molecule has 1 fully saturated rings. The molecule has 3 radical (unpaired) electrons. The molecular formula is C5H7O. The fourth-order valence-corrected chi connectivity index (χ4v) is 0.434. The smallest absolute Gasteiger partial charge is 0.0842 e. The first-order valence-electron chi connectivity index (χ1n) is 2.14. The third kappa shape index (κ3) is 0.977. The van der Waals surface area contributed by atoms with Crippen molar-refractivity contribution in [3.63, 3.8) is 0 Å². The minimum Gasteiger partial charge on any atom is -0.375 e. The van der Waals surface area contributed by atoms with Gasteiger partial charge < -0.3 is 4.74 Å². The van der Waals surface area contributed by atoms with Crippen molar-refractivity contribution in [3.05, 3.63) is 13.0 Å². The molecule has 0 atom stereocenters. The summed E-state index contributed by atoms with van der Waals surface area (Å²) in [7, 11) is 0. The Morgan fingerprint density at radius 2 is 2.67 bits per heavy atom. The predicted octanol–water partition coefficient (Wildman–Crippen LogP) is 1.04. The van der Waals surface area contributed by atoms with Crippen molar-refractivity contribution in [2.75, 3.05) is 6.61 Å². The lowest BCUT2D eigenvalue weighted by Crippen LogP contribution is -1.98. The molecule has 0 aromatic carbocycles. The molecule has 33 valence electrons. The zero-order valence-electron chi connectivity index (χ0n) is 3.61. The molecule has 1 heteroatoms. The number of hydrogen-bond donors (Lipinski definition) is 0. The normalized spacial score (nSPS) is 24.0. The van der Waals surface area contributed by atoms with Crippen molar-refractivity contribution in [1.82, 2.24) is 0 Å². The Balaban J connectivity index is 2.00. The van der Waals surface area contributed by atoms with E-state index in [4.69, 9.17) is 4.74 Å². The van der Waals surface area contributed by atoms with Crippen molar-refractivity contribution >= 4 is 0 Å². The van der Waals surface area contributed by atoms with Gasteiger partial charge in [0, 0.05) is 6.61 Å².